The topological polar surface area (TPSA) is 58.9 Å². The molecule has 0 amide bonds. The van der Waals surface area contributed by atoms with E-state index in [1.807, 2.05) is 52.0 Å². The van der Waals surface area contributed by atoms with Crippen LogP contribution in [0.3, 0.4) is 0 Å². The van der Waals surface area contributed by atoms with Gasteiger partial charge in [-0.2, -0.15) is 0 Å². The first-order valence-corrected chi connectivity index (χ1v) is 15.0. The Morgan fingerprint density at radius 1 is 0.535 bits per heavy atom. The maximum atomic E-state index is 9.69. The first-order chi connectivity index (χ1) is 20.7. The van der Waals surface area contributed by atoms with Gasteiger partial charge >= 0.3 is 0 Å². The minimum atomic E-state index is -0.554. The van der Waals surface area contributed by atoms with Crippen LogP contribution in [0.5, 0.6) is 11.5 Å². The molecule has 0 radical (unpaired) electrons. The minimum absolute atomic E-state index is 0.0624. The van der Waals surface area contributed by atoms with E-state index in [9.17, 15) is 10.2 Å². The van der Waals surface area contributed by atoms with Crippen LogP contribution in [-0.2, 0) is 5.41 Å². The second kappa shape index (κ2) is 11.2. The first kappa shape index (κ1) is 29.0. The van der Waals surface area contributed by atoms with Crippen LogP contribution in [0.25, 0.3) is 21.9 Å². The van der Waals surface area contributed by atoms with Gasteiger partial charge in [-0.25, -0.2) is 0 Å². The van der Waals surface area contributed by atoms with Crippen molar-refractivity contribution in [1.29, 1.82) is 0 Å². The summed E-state index contributed by atoms with van der Waals surface area (Å²) in [6.45, 7) is 8.95. The molecule has 0 bridgehead atoms. The van der Waals surface area contributed by atoms with Crippen molar-refractivity contribution in [3.05, 3.63) is 131 Å². The summed E-state index contributed by atoms with van der Waals surface area (Å²) in [6, 6.07) is 38.8. The van der Waals surface area contributed by atoms with Gasteiger partial charge in [0.25, 0.3) is 0 Å². The number of aliphatic hydroxyl groups excluding tert-OH is 2. The van der Waals surface area contributed by atoms with Crippen LogP contribution >= 0.6 is 0 Å². The second-order valence-electron chi connectivity index (χ2n) is 13.3. The summed E-state index contributed by atoms with van der Waals surface area (Å²) in [6.07, 6.45) is 0. The molecule has 0 heterocycles. The largest absolute Gasteiger partial charge is 0.493 e. The Balaban J connectivity index is 1.52. The average Bonchev–Trinajstić information content (AvgIpc) is 3.32. The zero-order chi connectivity index (χ0) is 30.2. The van der Waals surface area contributed by atoms with E-state index in [0.717, 1.165) is 22.6 Å². The van der Waals surface area contributed by atoms with E-state index in [4.69, 9.17) is 9.47 Å². The average molecular weight is 573 g/mol. The zero-order valence-electron chi connectivity index (χ0n) is 25.4. The molecule has 0 unspecified atom stereocenters. The van der Waals surface area contributed by atoms with E-state index >= 15 is 0 Å². The van der Waals surface area contributed by atoms with Crippen LogP contribution in [0, 0.1) is 10.8 Å². The van der Waals surface area contributed by atoms with Crippen molar-refractivity contribution in [3.8, 4) is 22.6 Å². The van der Waals surface area contributed by atoms with E-state index in [2.05, 4.69) is 84.9 Å². The lowest BCUT2D eigenvalue weighted by Gasteiger charge is -2.34. The van der Waals surface area contributed by atoms with Gasteiger partial charge in [-0.05, 0) is 80.6 Å². The summed E-state index contributed by atoms with van der Waals surface area (Å²) < 4.78 is 12.2. The monoisotopic (exact) mass is 572 g/mol. The lowest BCUT2D eigenvalue weighted by Crippen LogP contribution is -2.29. The first-order valence-electron chi connectivity index (χ1n) is 15.0. The van der Waals surface area contributed by atoms with Crippen molar-refractivity contribution in [3.63, 3.8) is 0 Å². The predicted molar refractivity (Wildman–Crippen MR) is 174 cm³/mol. The molecule has 2 N–H and O–H groups in total. The third-order valence-corrected chi connectivity index (χ3v) is 8.60. The third-order valence-electron chi connectivity index (χ3n) is 8.60. The summed E-state index contributed by atoms with van der Waals surface area (Å²) in [5.74, 6) is 1.56. The fraction of sp³-hybridized carbons (Fsp3) is 0.282. The summed E-state index contributed by atoms with van der Waals surface area (Å²) in [7, 11) is 0. The molecule has 0 atom stereocenters. The van der Waals surface area contributed by atoms with Crippen molar-refractivity contribution >= 4 is 10.8 Å². The third kappa shape index (κ3) is 5.30. The fourth-order valence-corrected chi connectivity index (χ4v) is 6.00. The molecule has 43 heavy (non-hydrogen) atoms. The lowest BCUT2D eigenvalue weighted by molar-refractivity contribution is 0.0975. The zero-order valence-corrected chi connectivity index (χ0v) is 25.4. The van der Waals surface area contributed by atoms with E-state index in [1.165, 1.54) is 33.0 Å². The Labute approximate surface area is 254 Å². The van der Waals surface area contributed by atoms with E-state index in [-0.39, 0.29) is 24.0 Å². The van der Waals surface area contributed by atoms with Crippen LogP contribution in [0.1, 0.15) is 49.9 Å². The van der Waals surface area contributed by atoms with Crippen molar-refractivity contribution in [1.82, 2.24) is 0 Å². The molecule has 0 saturated heterocycles. The molecule has 220 valence electrons. The Morgan fingerprint density at radius 3 is 1.51 bits per heavy atom. The summed E-state index contributed by atoms with van der Waals surface area (Å²) in [5.41, 5.74) is 6.07. The molecule has 1 aliphatic rings. The number of fused-ring (bicyclic) bond motifs is 4. The number of hydrogen-bond acceptors (Lipinski definition) is 4. The van der Waals surface area contributed by atoms with Gasteiger partial charge in [0.2, 0.25) is 0 Å². The molecule has 0 saturated carbocycles. The summed E-state index contributed by atoms with van der Waals surface area (Å²) in [5, 5.41) is 21.8. The molecule has 0 aromatic heterocycles. The fourth-order valence-electron chi connectivity index (χ4n) is 6.00. The van der Waals surface area contributed by atoms with Crippen LogP contribution in [0.15, 0.2) is 109 Å². The Hall–Kier alpha value is -4.12. The quantitative estimate of drug-likeness (QED) is 0.175. The number of benzene rings is 5. The smallest absolute Gasteiger partial charge is 0.119 e. The standard InChI is InChI=1S/C39H40O4/c1-37(2,23-40)25-42-31-17-13-29(14-18-31)39(30-15-19-32(20-16-30)43-26-38(3,4)24-41)35-12-8-7-11-33(35)34-21-27-9-5-6-10-28(27)22-36(34)39/h5-22,40-41H,23-26H2,1-4H3. The Morgan fingerprint density at radius 2 is 1.00 bits per heavy atom. The predicted octanol–water partition coefficient (Wildman–Crippen LogP) is 8.00. The maximum absolute atomic E-state index is 9.69. The SMILES string of the molecule is CC(C)(CO)COc1ccc(C2(c3ccc(OCC(C)(C)CO)cc3)c3ccccc3-c3cc4ccccc4cc32)cc1. The number of ether oxygens (including phenoxy) is 2. The van der Waals surface area contributed by atoms with Gasteiger partial charge in [0, 0.05) is 10.8 Å². The highest BCUT2D eigenvalue weighted by molar-refractivity contribution is 5.95. The number of rotatable bonds is 10. The van der Waals surface area contributed by atoms with Crippen molar-refractivity contribution < 1.29 is 19.7 Å². The molecule has 4 nitrogen and oxygen atoms in total. The van der Waals surface area contributed by atoms with Crippen molar-refractivity contribution in [2.45, 2.75) is 33.1 Å². The van der Waals surface area contributed by atoms with Gasteiger partial charge in [-0.15, -0.1) is 0 Å². The van der Waals surface area contributed by atoms with Gasteiger partial charge in [0.15, 0.2) is 0 Å². The summed E-state index contributed by atoms with van der Waals surface area (Å²) >= 11 is 0. The van der Waals surface area contributed by atoms with Crippen LogP contribution in [0.2, 0.25) is 0 Å². The van der Waals surface area contributed by atoms with Gasteiger partial charge < -0.3 is 19.7 Å². The molecular weight excluding hydrogens is 532 g/mol. The molecule has 0 spiro atoms. The summed E-state index contributed by atoms with van der Waals surface area (Å²) in [4.78, 5) is 0. The van der Waals surface area contributed by atoms with Gasteiger partial charge in [-0.3, -0.25) is 0 Å². The van der Waals surface area contributed by atoms with E-state index < -0.39 is 5.41 Å². The van der Waals surface area contributed by atoms with Crippen molar-refractivity contribution in [2.24, 2.45) is 10.8 Å². The highest BCUT2D eigenvalue weighted by atomic mass is 16.5. The second-order valence-corrected chi connectivity index (χ2v) is 13.3. The molecule has 1 aliphatic carbocycles. The van der Waals surface area contributed by atoms with Gasteiger partial charge in [-0.1, -0.05) is 100 Å². The van der Waals surface area contributed by atoms with Crippen LogP contribution < -0.4 is 9.47 Å². The molecule has 4 heteroatoms. The van der Waals surface area contributed by atoms with Crippen molar-refractivity contribution in [2.75, 3.05) is 26.4 Å². The molecule has 5 aromatic rings. The van der Waals surface area contributed by atoms with Crippen LogP contribution in [-0.4, -0.2) is 36.6 Å². The Kier molecular flexibility index (Phi) is 7.53. The number of hydrogen-bond donors (Lipinski definition) is 2. The van der Waals surface area contributed by atoms with Crippen LogP contribution in [0.4, 0.5) is 0 Å². The minimum Gasteiger partial charge on any atom is -0.493 e. The highest BCUT2D eigenvalue weighted by Crippen LogP contribution is 2.57. The van der Waals surface area contributed by atoms with E-state index in [0.29, 0.717) is 13.2 Å². The van der Waals surface area contributed by atoms with E-state index in [1.54, 1.807) is 0 Å². The molecular formula is C39H40O4. The van der Waals surface area contributed by atoms with Gasteiger partial charge in [0.1, 0.15) is 11.5 Å². The Bertz CT molecular complexity index is 1670. The normalized spacial score (nSPS) is 13.9. The molecule has 0 aliphatic heterocycles. The molecule has 0 fully saturated rings. The molecule has 5 aromatic carbocycles. The maximum Gasteiger partial charge on any atom is 0.119 e. The highest BCUT2D eigenvalue weighted by Gasteiger charge is 2.46. The van der Waals surface area contributed by atoms with Gasteiger partial charge in [0.05, 0.1) is 31.8 Å². The number of aliphatic hydroxyl groups is 2. The molecule has 6 rings (SSSR count). The lowest BCUT2D eigenvalue weighted by atomic mass is 9.67.